The van der Waals surface area contributed by atoms with E-state index in [0.29, 0.717) is 26.2 Å². The standard InChI is InChI=1S/C11H20N2O2/c1-4-11(3,9-12)10(14)13-7-6-8-15-5-2/h4-8H2,1-3H3,(H,13,14). The van der Waals surface area contributed by atoms with Crippen molar-refractivity contribution in [3.63, 3.8) is 0 Å². The molecule has 0 spiro atoms. The average molecular weight is 212 g/mol. The fourth-order valence-electron chi connectivity index (χ4n) is 1.01. The first-order valence-electron chi connectivity index (χ1n) is 5.38. The summed E-state index contributed by atoms with van der Waals surface area (Å²) in [5.74, 6) is -0.191. The first kappa shape index (κ1) is 13.9. The summed E-state index contributed by atoms with van der Waals surface area (Å²) >= 11 is 0. The molecule has 86 valence electrons. The van der Waals surface area contributed by atoms with Crippen LogP contribution in [0.5, 0.6) is 0 Å². The van der Waals surface area contributed by atoms with Crippen LogP contribution in [0.4, 0.5) is 0 Å². The molecular weight excluding hydrogens is 192 g/mol. The SMILES string of the molecule is CCOCCCNC(=O)C(C)(C#N)CC. The van der Waals surface area contributed by atoms with Gasteiger partial charge in [-0.2, -0.15) is 5.26 Å². The van der Waals surface area contributed by atoms with Gasteiger partial charge in [0.15, 0.2) is 0 Å². The normalized spacial score (nSPS) is 14.0. The van der Waals surface area contributed by atoms with Gasteiger partial charge in [-0.25, -0.2) is 0 Å². The summed E-state index contributed by atoms with van der Waals surface area (Å²) in [5.41, 5.74) is -0.897. The van der Waals surface area contributed by atoms with Crippen LogP contribution >= 0.6 is 0 Å². The maximum Gasteiger partial charge on any atom is 0.240 e. The van der Waals surface area contributed by atoms with Crippen molar-refractivity contribution in [2.45, 2.75) is 33.6 Å². The number of nitriles is 1. The minimum atomic E-state index is -0.897. The van der Waals surface area contributed by atoms with Crippen LogP contribution in [-0.2, 0) is 9.53 Å². The quantitative estimate of drug-likeness (QED) is 0.650. The lowest BCUT2D eigenvalue weighted by Crippen LogP contribution is -2.38. The maximum absolute atomic E-state index is 11.6. The average Bonchev–Trinajstić information content (AvgIpc) is 2.27. The van der Waals surface area contributed by atoms with Crippen molar-refractivity contribution >= 4 is 5.91 Å². The van der Waals surface area contributed by atoms with Gasteiger partial charge in [-0.1, -0.05) is 6.92 Å². The maximum atomic E-state index is 11.6. The molecule has 15 heavy (non-hydrogen) atoms. The Balaban J connectivity index is 3.79. The minimum absolute atomic E-state index is 0.191. The third kappa shape index (κ3) is 4.80. The molecule has 1 N–H and O–H groups in total. The lowest BCUT2D eigenvalue weighted by Gasteiger charge is -2.18. The number of hydrogen-bond acceptors (Lipinski definition) is 3. The number of rotatable bonds is 7. The van der Waals surface area contributed by atoms with Crippen LogP contribution in [0.1, 0.15) is 33.6 Å². The lowest BCUT2D eigenvalue weighted by atomic mass is 9.88. The highest BCUT2D eigenvalue weighted by Crippen LogP contribution is 2.19. The smallest absolute Gasteiger partial charge is 0.240 e. The van der Waals surface area contributed by atoms with Gasteiger partial charge in [-0.05, 0) is 26.7 Å². The third-order valence-electron chi connectivity index (χ3n) is 2.41. The molecule has 0 aliphatic rings. The van der Waals surface area contributed by atoms with Crippen LogP contribution in [-0.4, -0.2) is 25.7 Å². The molecule has 0 heterocycles. The Bertz CT molecular complexity index is 235. The Morgan fingerprint density at radius 2 is 2.20 bits per heavy atom. The summed E-state index contributed by atoms with van der Waals surface area (Å²) in [6.07, 6.45) is 1.31. The lowest BCUT2D eigenvalue weighted by molar-refractivity contribution is -0.127. The molecular formula is C11H20N2O2. The van der Waals surface area contributed by atoms with Crippen LogP contribution < -0.4 is 5.32 Å². The number of carbonyl (C=O) groups excluding carboxylic acids is 1. The first-order valence-corrected chi connectivity index (χ1v) is 5.38. The number of ether oxygens (including phenoxy) is 1. The fraction of sp³-hybridized carbons (Fsp3) is 0.818. The molecule has 1 unspecified atom stereocenters. The summed E-state index contributed by atoms with van der Waals surface area (Å²) in [4.78, 5) is 11.6. The number of nitrogens with one attached hydrogen (secondary N) is 1. The second-order valence-corrected chi connectivity index (χ2v) is 3.60. The number of carbonyl (C=O) groups is 1. The molecule has 0 aliphatic heterocycles. The zero-order valence-corrected chi connectivity index (χ0v) is 9.80. The summed E-state index contributed by atoms with van der Waals surface area (Å²) in [6, 6.07) is 2.04. The summed E-state index contributed by atoms with van der Waals surface area (Å²) in [5, 5.41) is 11.6. The molecule has 0 aromatic rings. The van der Waals surface area contributed by atoms with Gasteiger partial charge in [-0.3, -0.25) is 4.79 Å². The van der Waals surface area contributed by atoms with Gasteiger partial charge >= 0.3 is 0 Å². The summed E-state index contributed by atoms with van der Waals surface area (Å²) < 4.78 is 5.14. The third-order valence-corrected chi connectivity index (χ3v) is 2.41. The van der Waals surface area contributed by atoms with Crippen molar-refractivity contribution in [2.75, 3.05) is 19.8 Å². The molecule has 0 fully saturated rings. The Kier molecular flexibility index (Phi) is 6.72. The van der Waals surface area contributed by atoms with Crippen molar-refractivity contribution in [3.8, 4) is 6.07 Å². The Morgan fingerprint density at radius 3 is 2.67 bits per heavy atom. The van der Waals surface area contributed by atoms with Gasteiger partial charge in [0.05, 0.1) is 6.07 Å². The molecule has 4 heteroatoms. The molecule has 0 radical (unpaired) electrons. The molecule has 0 aromatic heterocycles. The van der Waals surface area contributed by atoms with Crippen LogP contribution in [0.2, 0.25) is 0 Å². The molecule has 1 amide bonds. The second-order valence-electron chi connectivity index (χ2n) is 3.60. The van der Waals surface area contributed by atoms with E-state index in [1.807, 2.05) is 19.9 Å². The highest BCUT2D eigenvalue weighted by atomic mass is 16.5. The van der Waals surface area contributed by atoms with E-state index < -0.39 is 5.41 Å². The van der Waals surface area contributed by atoms with E-state index in [1.165, 1.54) is 0 Å². The van der Waals surface area contributed by atoms with E-state index in [9.17, 15) is 4.79 Å². The van der Waals surface area contributed by atoms with Gasteiger partial charge in [0.25, 0.3) is 0 Å². The van der Waals surface area contributed by atoms with Gasteiger partial charge in [0.1, 0.15) is 5.41 Å². The van der Waals surface area contributed by atoms with Crippen molar-refractivity contribution in [1.82, 2.24) is 5.32 Å². The first-order chi connectivity index (χ1) is 7.10. The molecule has 4 nitrogen and oxygen atoms in total. The van der Waals surface area contributed by atoms with E-state index in [-0.39, 0.29) is 5.91 Å². The molecule has 1 atom stereocenters. The van der Waals surface area contributed by atoms with Crippen molar-refractivity contribution in [1.29, 1.82) is 5.26 Å². The Labute approximate surface area is 91.6 Å². The number of nitrogens with zero attached hydrogens (tertiary/aromatic N) is 1. The number of amides is 1. The minimum Gasteiger partial charge on any atom is -0.382 e. The number of hydrogen-bond donors (Lipinski definition) is 1. The predicted molar refractivity (Wildman–Crippen MR) is 58.1 cm³/mol. The summed E-state index contributed by atoms with van der Waals surface area (Å²) in [7, 11) is 0. The van der Waals surface area contributed by atoms with Crippen molar-refractivity contribution < 1.29 is 9.53 Å². The monoisotopic (exact) mass is 212 g/mol. The Morgan fingerprint density at radius 1 is 1.53 bits per heavy atom. The van der Waals surface area contributed by atoms with E-state index in [2.05, 4.69) is 5.32 Å². The van der Waals surface area contributed by atoms with E-state index in [0.717, 1.165) is 6.42 Å². The molecule has 0 saturated heterocycles. The Hall–Kier alpha value is -1.08. The molecule has 0 aliphatic carbocycles. The fourth-order valence-corrected chi connectivity index (χ4v) is 1.01. The van der Waals surface area contributed by atoms with Crippen molar-refractivity contribution in [2.24, 2.45) is 5.41 Å². The zero-order valence-electron chi connectivity index (χ0n) is 9.80. The van der Waals surface area contributed by atoms with Crippen LogP contribution in [0.25, 0.3) is 0 Å². The molecule has 0 rings (SSSR count). The zero-order chi connectivity index (χ0) is 11.7. The highest BCUT2D eigenvalue weighted by molar-refractivity contribution is 5.84. The largest absolute Gasteiger partial charge is 0.382 e. The van der Waals surface area contributed by atoms with E-state index in [4.69, 9.17) is 10.00 Å². The van der Waals surface area contributed by atoms with Crippen LogP contribution in [0.15, 0.2) is 0 Å². The van der Waals surface area contributed by atoms with Crippen molar-refractivity contribution in [3.05, 3.63) is 0 Å². The van der Waals surface area contributed by atoms with Crippen LogP contribution in [0, 0.1) is 16.7 Å². The van der Waals surface area contributed by atoms with Gasteiger partial charge in [0.2, 0.25) is 5.91 Å². The van der Waals surface area contributed by atoms with Gasteiger partial charge < -0.3 is 10.1 Å². The molecule has 0 bridgehead atoms. The molecule has 0 aromatic carbocycles. The molecule has 0 saturated carbocycles. The predicted octanol–water partition coefficient (Wildman–Crippen LogP) is 1.47. The van der Waals surface area contributed by atoms with Gasteiger partial charge in [0, 0.05) is 19.8 Å². The van der Waals surface area contributed by atoms with Crippen LogP contribution in [0.3, 0.4) is 0 Å². The second kappa shape index (κ2) is 7.24. The van der Waals surface area contributed by atoms with E-state index >= 15 is 0 Å². The summed E-state index contributed by atoms with van der Waals surface area (Å²) in [6.45, 7) is 7.33. The van der Waals surface area contributed by atoms with Gasteiger partial charge in [-0.15, -0.1) is 0 Å². The highest BCUT2D eigenvalue weighted by Gasteiger charge is 2.30. The topological polar surface area (TPSA) is 62.1 Å². The van der Waals surface area contributed by atoms with E-state index in [1.54, 1.807) is 6.92 Å².